The molecule has 1 heterocycles. The van der Waals surface area contributed by atoms with E-state index in [4.69, 9.17) is 17.3 Å². The Morgan fingerprint density at radius 3 is 2.89 bits per heavy atom. The maximum absolute atomic E-state index is 12.3. The Balaban J connectivity index is 2.23. The van der Waals surface area contributed by atoms with Crippen molar-refractivity contribution in [3.8, 4) is 0 Å². The quantitative estimate of drug-likeness (QED) is 0.889. The van der Waals surface area contributed by atoms with Crippen molar-refractivity contribution >= 4 is 33.4 Å². The maximum atomic E-state index is 12.3. The molecular formula is C12H17ClN2O2S2. The van der Waals surface area contributed by atoms with Crippen molar-refractivity contribution in [3.63, 3.8) is 0 Å². The molecule has 1 aromatic carbocycles. The largest absolute Gasteiger partial charge is 0.326 e. The van der Waals surface area contributed by atoms with E-state index in [1.54, 1.807) is 30.0 Å². The topological polar surface area (TPSA) is 72.2 Å². The normalized spacial score (nSPS) is 20.4. The summed E-state index contributed by atoms with van der Waals surface area (Å²) >= 11 is 7.76. The molecule has 7 heteroatoms. The van der Waals surface area contributed by atoms with Gasteiger partial charge in [-0.2, -0.15) is 11.8 Å². The maximum Gasteiger partial charge on any atom is 0.242 e. The van der Waals surface area contributed by atoms with Gasteiger partial charge < -0.3 is 5.73 Å². The molecule has 1 unspecified atom stereocenters. The predicted octanol–water partition coefficient (Wildman–Crippen LogP) is 1.97. The van der Waals surface area contributed by atoms with Gasteiger partial charge in [0.2, 0.25) is 10.0 Å². The van der Waals surface area contributed by atoms with Crippen LogP contribution in [0.4, 0.5) is 0 Å². The van der Waals surface area contributed by atoms with Crippen LogP contribution in [0.1, 0.15) is 18.4 Å². The molecule has 1 atom stereocenters. The summed E-state index contributed by atoms with van der Waals surface area (Å²) in [5.74, 6) is 1.91. The lowest BCUT2D eigenvalue weighted by atomic mass is 10.2. The zero-order valence-electron chi connectivity index (χ0n) is 10.4. The molecule has 1 aromatic rings. The minimum atomic E-state index is -3.57. The molecule has 19 heavy (non-hydrogen) atoms. The predicted molar refractivity (Wildman–Crippen MR) is 80.0 cm³/mol. The van der Waals surface area contributed by atoms with Crippen molar-refractivity contribution in [2.24, 2.45) is 5.73 Å². The zero-order chi connectivity index (χ0) is 13.9. The van der Waals surface area contributed by atoms with E-state index < -0.39 is 10.0 Å². The monoisotopic (exact) mass is 320 g/mol. The van der Waals surface area contributed by atoms with Crippen LogP contribution < -0.4 is 10.5 Å². The smallest absolute Gasteiger partial charge is 0.242 e. The number of benzene rings is 1. The summed E-state index contributed by atoms with van der Waals surface area (Å²) in [6, 6.07) is 4.84. The Kier molecular flexibility index (Phi) is 5.14. The number of sulfonamides is 1. The molecule has 0 amide bonds. The van der Waals surface area contributed by atoms with E-state index in [2.05, 4.69) is 4.72 Å². The Labute approximate surface area is 123 Å². The van der Waals surface area contributed by atoms with Gasteiger partial charge in [-0.05, 0) is 36.3 Å². The van der Waals surface area contributed by atoms with Crippen molar-refractivity contribution in [1.82, 2.24) is 4.72 Å². The van der Waals surface area contributed by atoms with Crippen LogP contribution in [0.15, 0.2) is 23.1 Å². The van der Waals surface area contributed by atoms with Crippen LogP contribution in [-0.2, 0) is 16.6 Å². The first-order chi connectivity index (χ1) is 9.03. The van der Waals surface area contributed by atoms with Crippen molar-refractivity contribution < 1.29 is 8.42 Å². The van der Waals surface area contributed by atoms with Crippen LogP contribution in [0, 0.1) is 0 Å². The highest BCUT2D eigenvalue weighted by Crippen LogP contribution is 2.24. The van der Waals surface area contributed by atoms with Crippen LogP contribution in [0.3, 0.4) is 0 Å². The van der Waals surface area contributed by atoms with E-state index in [1.165, 1.54) is 0 Å². The van der Waals surface area contributed by atoms with Crippen molar-refractivity contribution in [2.75, 3.05) is 11.5 Å². The van der Waals surface area contributed by atoms with Crippen LogP contribution in [0.5, 0.6) is 0 Å². The molecule has 0 aliphatic carbocycles. The average molecular weight is 321 g/mol. The van der Waals surface area contributed by atoms with E-state index in [-0.39, 0.29) is 16.0 Å². The first-order valence-electron chi connectivity index (χ1n) is 6.11. The molecule has 1 aliphatic rings. The highest BCUT2D eigenvalue weighted by atomic mass is 35.5. The van der Waals surface area contributed by atoms with Crippen LogP contribution >= 0.6 is 23.4 Å². The highest BCUT2D eigenvalue weighted by molar-refractivity contribution is 7.99. The molecule has 3 N–H and O–H groups in total. The number of nitrogens with one attached hydrogen (secondary N) is 1. The molecular weight excluding hydrogens is 304 g/mol. The third-order valence-electron chi connectivity index (χ3n) is 3.00. The van der Waals surface area contributed by atoms with Gasteiger partial charge in [-0.3, -0.25) is 0 Å². The molecule has 0 aromatic heterocycles. The summed E-state index contributed by atoms with van der Waals surface area (Å²) in [6.07, 6.45) is 1.91. The molecule has 1 saturated heterocycles. The highest BCUT2D eigenvalue weighted by Gasteiger charge is 2.24. The van der Waals surface area contributed by atoms with Gasteiger partial charge >= 0.3 is 0 Å². The number of hydrogen-bond acceptors (Lipinski definition) is 4. The number of hydrogen-bond donors (Lipinski definition) is 2. The second-order valence-corrected chi connectivity index (χ2v) is 7.74. The molecule has 0 bridgehead atoms. The number of halogens is 1. The third-order valence-corrected chi connectivity index (χ3v) is 6.22. The summed E-state index contributed by atoms with van der Waals surface area (Å²) in [5.41, 5.74) is 6.29. The van der Waals surface area contributed by atoms with Gasteiger partial charge in [0, 0.05) is 18.3 Å². The molecule has 1 fully saturated rings. The summed E-state index contributed by atoms with van der Waals surface area (Å²) in [7, 11) is -3.57. The summed E-state index contributed by atoms with van der Waals surface area (Å²) < 4.78 is 27.4. The fourth-order valence-corrected chi connectivity index (χ4v) is 5.00. The van der Waals surface area contributed by atoms with Gasteiger partial charge in [-0.1, -0.05) is 17.7 Å². The summed E-state index contributed by atoms with van der Waals surface area (Å²) in [6.45, 7) is 0.291. The molecule has 106 valence electrons. The van der Waals surface area contributed by atoms with E-state index in [1.807, 2.05) is 0 Å². The number of rotatable bonds is 4. The first-order valence-corrected chi connectivity index (χ1v) is 9.13. The van der Waals surface area contributed by atoms with Crippen molar-refractivity contribution in [3.05, 3.63) is 28.8 Å². The Morgan fingerprint density at radius 1 is 1.47 bits per heavy atom. The van der Waals surface area contributed by atoms with E-state index in [9.17, 15) is 8.42 Å². The van der Waals surface area contributed by atoms with Crippen LogP contribution in [-0.4, -0.2) is 26.0 Å². The standard InChI is InChI=1S/C12H17ClN2O2S2/c13-11-4-3-9(7-14)6-12(11)19(16,17)15-10-2-1-5-18-8-10/h3-4,6,10,15H,1-2,5,7-8,14H2. The van der Waals surface area contributed by atoms with Gasteiger partial charge in [0.25, 0.3) is 0 Å². The van der Waals surface area contributed by atoms with Gasteiger partial charge in [-0.15, -0.1) is 0 Å². The van der Waals surface area contributed by atoms with Gasteiger partial charge in [0.05, 0.1) is 5.02 Å². The Hall–Kier alpha value is -0.270. The zero-order valence-corrected chi connectivity index (χ0v) is 12.8. The Bertz CT molecular complexity index is 543. The lowest BCUT2D eigenvalue weighted by Crippen LogP contribution is -2.38. The first kappa shape index (κ1) is 15.1. The SMILES string of the molecule is NCc1ccc(Cl)c(S(=O)(=O)NC2CCCSC2)c1. The van der Waals surface area contributed by atoms with Gasteiger partial charge in [0.15, 0.2) is 0 Å². The minimum absolute atomic E-state index is 0.0126. The van der Waals surface area contributed by atoms with Crippen molar-refractivity contribution in [1.29, 1.82) is 0 Å². The second kappa shape index (κ2) is 6.45. The minimum Gasteiger partial charge on any atom is -0.326 e. The van der Waals surface area contributed by atoms with Crippen molar-refractivity contribution in [2.45, 2.75) is 30.3 Å². The molecule has 4 nitrogen and oxygen atoms in total. The van der Waals surface area contributed by atoms with Crippen LogP contribution in [0.2, 0.25) is 5.02 Å². The number of thioether (sulfide) groups is 1. The van der Waals surface area contributed by atoms with E-state index in [0.29, 0.717) is 6.54 Å². The molecule has 0 radical (unpaired) electrons. The molecule has 0 spiro atoms. The lowest BCUT2D eigenvalue weighted by Gasteiger charge is -2.22. The summed E-state index contributed by atoms with van der Waals surface area (Å²) in [5, 5.41) is 0.230. The van der Waals surface area contributed by atoms with Crippen LogP contribution in [0.25, 0.3) is 0 Å². The molecule has 0 saturated carbocycles. The fourth-order valence-electron chi connectivity index (χ4n) is 2.00. The van der Waals surface area contributed by atoms with Gasteiger partial charge in [0.1, 0.15) is 4.90 Å². The second-order valence-electron chi connectivity index (χ2n) is 4.50. The summed E-state index contributed by atoms with van der Waals surface area (Å²) in [4.78, 5) is 0.118. The third kappa shape index (κ3) is 3.86. The molecule has 2 rings (SSSR count). The molecule has 1 aliphatic heterocycles. The Morgan fingerprint density at radius 2 is 2.26 bits per heavy atom. The number of nitrogens with two attached hydrogens (primary N) is 1. The fraction of sp³-hybridized carbons (Fsp3) is 0.500. The van der Waals surface area contributed by atoms with E-state index >= 15 is 0 Å². The lowest BCUT2D eigenvalue weighted by molar-refractivity contribution is 0.543. The van der Waals surface area contributed by atoms with Gasteiger partial charge in [-0.25, -0.2) is 13.1 Å². The van der Waals surface area contributed by atoms with E-state index in [0.717, 1.165) is 29.9 Å². The average Bonchev–Trinajstić information content (AvgIpc) is 2.39.